The van der Waals surface area contributed by atoms with Crippen LogP contribution in [0.2, 0.25) is 0 Å². The summed E-state index contributed by atoms with van der Waals surface area (Å²) >= 11 is 0. The van der Waals surface area contributed by atoms with E-state index in [1.54, 1.807) is 19.2 Å². The van der Waals surface area contributed by atoms with Crippen molar-refractivity contribution in [3.63, 3.8) is 0 Å². The second-order valence-corrected chi connectivity index (χ2v) is 5.66. The van der Waals surface area contributed by atoms with E-state index in [0.29, 0.717) is 0 Å². The predicted octanol–water partition coefficient (Wildman–Crippen LogP) is 3.93. The lowest BCUT2D eigenvalue weighted by Gasteiger charge is -2.23. The van der Waals surface area contributed by atoms with Crippen molar-refractivity contribution in [2.75, 3.05) is 7.05 Å². The molecule has 1 aromatic rings. The van der Waals surface area contributed by atoms with E-state index in [2.05, 4.69) is 23.8 Å². The Hall–Kier alpha value is -1.91. The first kappa shape index (κ1) is 23.1. The van der Waals surface area contributed by atoms with Gasteiger partial charge in [-0.1, -0.05) is 64.6 Å². The molecular formula is C21H34N2O2. The van der Waals surface area contributed by atoms with Gasteiger partial charge in [0.15, 0.2) is 0 Å². The second-order valence-electron chi connectivity index (χ2n) is 5.66. The molecule has 25 heavy (non-hydrogen) atoms. The van der Waals surface area contributed by atoms with Gasteiger partial charge in [0.1, 0.15) is 6.10 Å². The number of benzene rings is 1. The quantitative estimate of drug-likeness (QED) is 0.635. The molecule has 0 aromatic heterocycles. The number of amides is 1. The molecule has 0 aliphatic rings. The van der Waals surface area contributed by atoms with Gasteiger partial charge in [0.25, 0.3) is 5.91 Å². The van der Waals surface area contributed by atoms with Gasteiger partial charge in [0, 0.05) is 6.04 Å². The van der Waals surface area contributed by atoms with Gasteiger partial charge in [-0.3, -0.25) is 4.79 Å². The van der Waals surface area contributed by atoms with Crippen molar-refractivity contribution in [2.24, 2.45) is 0 Å². The minimum absolute atomic E-state index is 0.200. The van der Waals surface area contributed by atoms with E-state index in [0.717, 1.165) is 29.5 Å². The van der Waals surface area contributed by atoms with Crippen LogP contribution in [0.15, 0.2) is 31.4 Å². The van der Waals surface area contributed by atoms with Gasteiger partial charge >= 0.3 is 0 Å². The van der Waals surface area contributed by atoms with E-state index in [-0.39, 0.29) is 18.0 Å². The summed E-state index contributed by atoms with van der Waals surface area (Å²) in [6.45, 7) is 15.5. The maximum atomic E-state index is 12.2. The Balaban J connectivity index is 0.00000277. The van der Waals surface area contributed by atoms with E-state index < -0.39 is 6.10 Å². The summed E-state index contributed by atoms with van der Waals surface area (Å²) in [4.78, 5) is 12.2. The second kappa shape index (κ2) is 12.5. The summed E-state index contributed by atoms with van der Waals surface area (Å²) in [6, 6.07) is 5.44. The highest BCUT2D eigenvalue weighted by molar-refractivity contribution is 5.81. The summed E-state index contributed by atoms with van der Waals surface area (Å²) in [5, 5.41) is 16.0. The van der Waals surface area contributed by atoms with Crippen LogP contribution in [0.5, 0.6) is 0 Å². The fourth-order valence-electron chi connectivity index (χ4n) is 2.56. The Morgan fingerprint density at radius 3 is 2.32 bits per heavy atom. The lowest BCUT2D eigenvalue weighted by Crippen LogP contribution is -2.48. The van der Waals surface area contributed by atoms with Crippen molar-refractivity contribution in [3.8, 4) is 0 Å². The molecule has 4 heteroatoms. The monoisotopic (exact) mass is 346 g/mol. The fourth-order valence-corrected chi connectivity index (χ4v) is 2.56. The summed E-state index contributed by atoms with van der Waals surface area (Å²) in [6.07, 6.45) is 4.12. The van der Waals surface area contributed by atoms with Crippen molar-refractivity contribution in [3.05, 3.63) is 48.0 Å². The fraction of sp³-hybridized carbons (Fsp3) is 0.476. The molecule has 0 heterocycles. The third-order valence-electron chi connectivity index (χ3n) is 4.03. The van der Waals surface area contributed by atoms with Crippen LogP contribution in [-0.2, 0) is 4.79 Å². The number of carbonyl (C=O) groups is 1. The molecule has 3 atom stereocenters. The minimum Gasteiger partial charge on any atom is -0.382 e. The molecule has 4 nitrogen and oxygen atoms in total. The first-order valence-corrected chi connectivity index (χ1v) is 9.02. The zero-order valence-electron chi connectivity index (χ0n) is 16.3. The van der Waals surface area contributed by atoms with E-state index in [1.165, 1.54) is 0 Å². The maximum absolute atomic E-state index is 12.2. The zero-order chi connectivity index (χ0) is 19.4. The number of likely N-dealkylation sites (N-methyl/N-ethyl adjacent to an activating group) is 1. The SMILES string of the molecule is C=Cc1ccc(C(C)NC(=O)C(O)C(CCC)NC)cc1C=C.CC. The smallest absolute Gasteiger partial charge is 0.250 e. The normalized spacial score (nSPS) is 13.7. The van der Waals surface area contributed by atoms with Crippen LogP contribution >= 0.6 is 0 Å². The molecule has 0 saturated heterocycles. The largest absolute Gasteiger partial charge is 0.382 e. The molecule has 0 saturated carbocycles. The number of aliphatic hydroxyl groups excluding tert-OH is 1. The van der Waals surface area contributed by atoms with Crippen LogP contribution < -0.4 is 10.6 Å². The predicted molar refractivity (Wildman–Crippen MR) is 108 cm³/mol. The average Bonchev–Trinajstić information content (AvgIpc) is 2.66. The van der Waals surface area contributed by atoms with Crippen molar-refractivity contribution < 1.29 is 9.90 Å². The number of hydrogen-bond donors (Lipinski definition) is 3. The Morgan fingerprint density at radius 1 is 1.24 bits per heavy atom. The van der Waals surface area contributed by atoms with Crippen LogP contribution in [0, 0.1) is 0 Å². The Morgan fingerprint density at radius 2 is 1.84 bits per heavy atom. The Kier molecular flexibility index (Phi) is 11.5. The Labute approximate surface area is 153 Å². The number of nitrogens with one attached hydrogen (secondary N) is 2. The van der Waals surface area contributed by atoms with Gasteiger partial charge in [0.2, 0.25) is 0 Å². The summed E-state index contributed by atoms with van der Waals surface area (Å²) in [5.41, 5.74) is 2.93. The molecule has 3 N–H and O–H groups in total. The van der Waals surface area contributed by atoms with Crippen LogP contribution in [-0.4, -0.2) is 30.2 Å². The van der Waals surface area contributed by atoms with Crippen molar-refractivity contribution in [1.29, 1.82) is 0 Å². The topological polar surface area (TPSA) is 61.4 Å². The van der Waals surface area contributed by atoms with Gasteiger partial charge in [-0.15, -0.1) is 0 Å². The van der Waals surface area contributed by atoms with Gasteiger partial charge in [-0.25, -0.2) is 0 Å². The third kappa shape index (κ3) is 6.85. The lowest BCUT2D eigenvalue weighted by molar-refractivity contribution is -0.131. The number of carbonyl (C=O) groups excluding carboxylic acids is 1. The van der Waals surface area contributed by atoms with Gasteiger partial charge < -0.3 is 15.7 Å². The molecule has 1 rings (SSSR count). The molecule has 1 amide bonds. The number of rotatable bonds is 9. The standard InChI is InChI=1S/C19H28N2O2.C2H6/c1-6-9-17(20-5)18(22)19(23)21-13(4)16-11-10-14(7-2)15(8-3)12-16;1-2/h7-8,10-13,17-18,20,22H,2-3,6,9H2,1,4-5H3,(H,21,23);1-2H3. The Bertz CT molecular complexity index is 555. The first-order chi connectivity index (χ1) is 12.0. The van der Waals surface area contributed by atoms with Crippen LogP contribution in [0.4, 0.5) is 0 Å². The zero-order valence-corrected chi connectivity index (χ0v) is 16.3. The molecule has 0 radical (unpaired) electrons. The average molecular weight is 347 g/mol. The summed E-state index contributed by atoms with van der Waals surface area (Å²) in [7, 11) is 1.75. The van der Waals surface area contributed by atoms with E-state index >= 15 is 0 Å². The van der Waals surface area contributed by atoms with Crippen LogP contribution in [0.1, 0.15) is 63.3 Å². The molecule has 0 aliphatic carbocycles. The molecule has 3 unspecified atom stereocenters. The molecule has 140 valence electrons. The van der Waals surface area contributed by atoms with Crippen molar-refractivity contribution in [2.45, 2.75) is 58.7 Å². The first-order valence-electron chi connectivity index (χ1n) is 9.02. The van der Waals surface area contributed by atoms with Crippen LogP contribution in [0.3, 0.4) is 0 Å². The van der Waals surface area contributed by atoms with Crippen molar-refractivity contribution in [1.82, 2.24) is 10.6 Å². The van der Waals surface area contributed by atoms with E-state index in [9.17, 15) is 9.90 Å². The highest BCUT2D eigenvalue weighted by Crippen LogP contribution is 2.20. The summed E-state index contributed by atoms with van der Waals surface area (Å²) in [5.74, 6) is -0.363. The number of aliphatic hydroxyl groups is 1. The third-order valence-corrected chi connectivity index (χ3v) is 4.03. The van der Waals surface area contributed by atoms with Crippen molar-refractivity contribution >= 4 is 18.1 Å². The molecule has 1 aromatic carbocycles. The van der Waals surface area contributed by atoms with Crippen LogP contribution in [0.25, 0.3) is 12.2 Å². The van der Waals surface area contributed by atoms with E-state index in [4.69, 9.17) is 0 Å². The minimum atomic E-state index is -1.06. The van der Waals surface area contributed by atoms with E-state index in [1.807, 2.05) is 45.9 Å². The molecule has 0 spiro atoms. The molecular weight excluding hydrogens is 312 g/mol. The number of hydrogen-bond acceptors (Lipinski definition) is 3. The van der Waals surface area contributed by atoms with Gasteiger partial charge in [0.05, 0.1) is 6.04 Å². The van der Waals surface area contributed by atoms with Gasteiger partial charge in [-0.05, 0) is 43.1 Å². The molecule has 0 fully saturated rings. The molecule has 0 bridgehead atoms. The highest BCUT2D eigenvalue weighted by Gasteiger charge is 2.25. The maximum Gasteiger partial charge on any atom is 0.250 e. The van der Waals surface area contributed by atoms with Gasteiger partial charge in [-0.2, -0.15) is 0 Å². The molecule has 0 aliphatic heterocycles. The highest BCUT2D eigenvalue weighted by atomic mass is 16.3. The lowest BCUT2D eigenvalue weighted by atomic mass is 9.99. The summed E-state index contributed by atoms with van der Waals surface area (Å²) < 4.78 is 0.